The Morgan fingerprint density at radius 3 is 2.38 bits per heavy atom. The number of benzene rings is 2. The zero-order chi connectivity index (χ0) is 21.1. The third-order valence-electron chi connectivity index (χ3n) is 4.42. The van der Waals surface area contributed by atoms with Crippen molar-refractivity contribution in [3.63, 3.8) is 0 Å². The third kappa shape index (κ3) is 7.84. The second-order valence-electron chi connectivity index (χ2n) is 6.81. The summed E-state index contributed by atoms with van der Waals surface area (Å²) in [5.41, 5.74) is 1.74. The first kappa shape index (κ1) is 23.4. The molecule has 1 unspecified atom stereocenters. The van der Waals surface area contributed by atoms with Crippen molar-refractivity contribution in [1.82, 2.24) is 0 Å². The first-order valence-corrected chi connectivity index (χ1v) is 12.0. The van der Waals surface area contributed by atoms with Crippen LogP contribution in [0.4, 0.5) is 11.4 Å². The van der Waals surface area contributed by atoms with Gasteiger partial charge >= 0.3 is 0 Å². The lowest BCUT2D eigenvalue weighted by Gasteiger charge is -2.20. The van der Waals surface area contributed by atoms with Crippen LogP contribution in [0.2, 0.25) is 0 Å². The summed E-state index contributed by atoms with van der Waals surface area (Å²) in [6.45, 7) is 4.97. The largest absolute Gasteiger partial charge is 0.755 e. The van der Waals surface area contributed by atoms with Crippen LogP contribution in [-0.4, -0.2) is 21.1 Å². The molecule has 0 spiro atoms. The lowest BCUT2D eigenvalue weighted by molar-refractivity contribution is 0.0979. The summed E-state index contributed by atoms with van der Waals surface area (Å²) in [5, 5.41) is 3.40. The van der Waals surface area contributed by atoms with Gasteiger partial charge < -0.3 is 14.6 Å². The number of carbonyl (C=O) groups is 1. The molecule has 0 saturated carbocycles. The quantitative estimate of drug-likeness (QED) is 0.229. The van der Waals surface area contributed by atoms with E-state index >= 15 is 0 Å². The molecule has 0 heterocycles. The van der Waals surface area contributed by atoms with Gasteiger partial charge in [-0.25, -0.2) is 0 Å². The van der Waals surface area contributed by atoms with Crippen molar-refractivity contribution >= 4 is 40.2 Å². The van der Waals surface area contributed by atoms with E-state index in [1.54, 1.807) is 6.07 Å². The summed E-state index contributed by atoms with van der Waals surface area (Å²) >= 11 is -1.01. The number of ketones is 1. The van der Waals surface area contributed by atoms with Crippen LogP contribution in [0, 0.1) is 0 Å². The lowest BCUT2D eigenvalue weighted by Crippen LogP contribution is -2.10. The topological polar surface area (TPSA) is 81.3 Å². The standard InChI is InChI=1S/C22H30N2O3S2/c1-3-5-8-13-21(25)17-15-19(23-14-6-4-2)22(20(16-17)24-29(26)27)28-18-11-9-7-10-12-18/h7,9-12,15-16,23-24H,3-6,8,13-14H2,1-2H3,(H,26,27)/p-1. The molecule has 29 heavy (non-hydrogen) atoms. The van der Waals surface area contributed by atoms with Gasteiger partial charge in [-0.05, 0) is 37.1 Å². The maximum absolute atomic E-state index is 12.7. The summed E-state index contributed by atoms with van der Waals surface area (Å²) in [7, 11) is 0. The van der Waals surface area contributed by atoms with Crippen molar-refractivity contribution in [3.05, 3.63) is 48.0 Å². The minimum Gasteiger partial charge on any atom is -0.755 e. The van der Waals surface area contributed by atoms with Gasteiger partial charge in [0.2, 0.25) is 0 Å². The highest BCUT2D eigenvalue weighted by molar-refractivity contribution is 7.99. The van der Waals surface area contributed by atoms with Crippen LogP contribution in [-0.2, 0) is 11.3 Å². The Labute approximate surface area is 180 Å². The van der Waals surface area contributed by atoms with Crippen molar-refractivity contribution in [2.45, 2.75) is 62.2 Å². The molecular weight excluding hydrogens is 404 g/mol. The van der Waals surface area contributed by atoms with E-state index in [1.807, 2.05) is 36.4 Å². The Morgan fingerprint density at radius 2 is 1.72 bits per heavy atom. The molecule has 2 aromatic carbocycles. The SMILES string of the molecule is CCCCCC(=O)c1cc(NCCCC)c(Sc2ccccc2)c(NS(=O)[O-])c1. The van der Waals surface area contributed by atoms with E-state index in [9.17, 15) is 13.6 Å². The Hall–Kier alpha value is -1.83. The summed E-state index contributed by atoms with van der Waals surface area (Å²) in [6, 6.07) is 13.3. The van der Waals surface area contributed by atoms with Gasteiger partial charge in [0.25, 0.3) is 0 Å². The van der Waals surface area contributed by atoms with Crippen molar-refractivity contribution in [3.8, 4) is 0 Å². The van der Waals surface area contributed by atoms with Gasteiger partial charge in [-0.15, -0.1) is 0 Å². The molecule has 0 saturated heterocycles. The van der Waals surface area contributed by atoms with Crippen LogP contribution in [0.3, 0.4) is 0 Å². The molecule has 0 fully saturated rings. The summed E-state index contributed by atoms with van der Waals surface area (Å²) in [6.07, 6.45) is 5.38. The van der Waals surface area contributed by atoms with Gasteiger partial charge in [0.05, 0.1) is 16.3 Å². The molecule has 0 aliphatic rings. The van der Waals surface area contributed by atoms with E-state index in [4.69, 9.17) is 0 Å². The van der Waals surface area contributed by atoms with Crippen molar-refractivity contribution in [2.75, 3.05) is 16.6 Å². The zero-order valence-corrected chi connectivity index (χ0v) is 18.7. The molecule has 1 atom stereocenters. The van der Waals surface area contributed by atoms with E-state index in [1.165, 1.54) is 11.8 Å². The average molecular weight is 434 g/mol. The smallest absolute Gasteiger partial charge is 0.163 e. The Balaban J connectivity index is 2.42. The molecule has 0 aromatic heterocycles. The molecule has 2 N–H and O–H groups in total. The first-order chi connectivity index (χ1) is 14.0. The highest BCUT2D eigenvalue weighted by Gasteiger charge is 2.16. The number of nitrogens with one attached hydrogen (secondary N) is 2. The molecular formula is C22H29N2O3S2-. The second kappa shape index (κ2) is 12.7. The maximum atomic E-state index is 12.7. The van der Waals surface area contributed by atoms with E-state index in [-0.39, 0.29) is 5.78 Å². The van der Waals surface area contributed by atoms with Crippen LogP contribution < -0.4 is 10.0 Å². The highest BCUT2D eigenvalue weighted by Crippen LogP contribution is 2.40. The van der Waals surface area contributed by atoms with Gasteiger partial charge in [-0.3, -0.25) is 9.00 Å². The Bertz CT molecular complexity index is 813. The normalized spacial score (nSPS) is 11.8. The van der Waals surface area contributed by atoms with Crippen molar-refractivity contribution in [2.24, 2.45) is 0 Å². The predicted octanol–water partition coefficient (Wildman–Crippen LogP) is 6.02. The number of hydrogen-bond acceptors (Lipinski definition) is 5. The summed E-state index contributed by atoms with van der Waals surface area (Å²) in [4.78, 5) is 14.5. The van der Waals surface area contributed by atoms with Crippen LogP contribution >= 0.6 is 11.8 Å². The summed E-state index contributed by atoms with van der Waals surface area (Å²) in [5.74, 6) is 0.0352. The molecule has 0 radical (unpaired) electrons. The fourth-order valence-electron chi connectivity index (χ4n) is 2.88. The van der Waals surface area contributed by atoms with Crippen LogP contribution in [0.5, 0.6) is 0 Å². The average Bonchev–Trinajstić information content (AvgIpc) is 2.70. The monoisotopic (exact) mass is 433 g/mol. The Morgan fingerprint density at radius 1 is 1.03 bits per heavy atom. The summed E-state index contributed by atoms with van der Waals surface area (Å²) < 4.78 is 25.3. The van der Waals surface area contributed by atoms with Gasteiger partial charge in [-0.2, -0.15) is 0 Å². The van der Waals surface area contributed by atoms with Gasteiger partial charge in [-0.1, -0.05) is 63.1 Å². The molecule has 158 valence electrons. The predicted molar refractivity (Wildman–Crippen MR) is 121 cm³/mol. The number of anilines is 2. The molecule has 2 rings (SSSR count). The first-order valence-electron chi connectivity index (χ1n) is 10.1. The van der Waals surface area contributed by atoms with E-state index in [2.05, 4.69) is 23.9 Å². The lowest BCUT2D eigenvalue weighted by atomic mass is 10.0. The second-order valence-corrected chi connectivity index (χ2v) is 8.57. The minimum atomic E-state index is -2.48. The number of carbonyl (C=O) groups excluding carboxylic acids is 1. The molecule has 0 aliphatic heterocycles. The molecule has 2 aromatic rings. The molecule has 5 nitrogen and oxygen atoms in total. The fraction of sp³-hybridized carbons (Fsp3) is 0.409. The molecule has 7 heteroatoms. The number of rotatable bonds is 13. The number of Topliss-reactive ketones (excluding diaryl/α,β-unsaturated/α-hetero) is 1. The number of unbranched alkanes of at least 4 members (excludes halogenated alkanes) is 3. The van der Waals surface area contributed by atoms with E-state index in [0.29, 0.717) is 17.7 Å². The van der Waals surface area contributed by atoms with E-state index < -0.39 is 11.3 Å². The van der Waals surface area contributed by atoms with Gasteiger partial charge in [0, 0.05) is 34.7 Å². The van der Waals surface area contributed by atoms with Crippen LogP contribution in [0.1, 0.15) is 62.7 Å². The Kier molecular flexibility index (Phi) is 10.2. The molecule has 0 bridgehead atoms. The zero-order valence-electron chi connectivity index (χ0n) is 17.0. The maximum Gasteiger partial charge on any atom is 0.163 e. The fourth-order valence-corrected chi connectivity index (χ4v) is 4.28. The number of hydrogen-bond donors (Lipinski definition) is 2. The van der Waals surface area contributed by atoms with Crippen molar-refractivity contribution < 1.29 is 13.6 Å². The van der Waals surface area contributed by atoms with E-state index in [0.717, 1.165) is 54.1 Å². The van der Waals surface area contributed by atoms with Gasteiger partial charge in [0.15, 0.2) is 5.78 Å². The molecule has 0 aliphatic carbocycles. The molecule has 0 amide bonds. The van der Waals surface area contributed by atoms with Crippen molar-refractivity contribution in [1.29, 1.82) is 0 Å². The van der Waals surface area contributed by atoms with Crippen LogP contribution in [0.15, 0.2) is 52.3 Å². The third-order valence-corrected chi connectivity index (χ3v) is 5.96. The minimum absolute atomic E-state index is 0.0352. The van der Waals surface area contributed by atoms with Gasteiger partial charge in [0.1, 0.15) is 0 Å². The van der Waals surface area contributed by atoms with Crippen LogP contribution in [0.25, 0.3) is 0 Å². The highest BCUT2D eigenvalue weighted by atomic mass is 32.2.